The van der Waals surface area contributed by atoms with Crippen molar-refractivity contribution in [2.75, 3.05) is 6.61 Å². The van der Waals surface area contributed by atoms with Crippen molar-refractivity contribution >= 4 is 23.6 Å². The monoisotopic (exact) mass is 265 g/mol. The Bertz CT molecular complexity index is 461. The van der Waals surface area contributed by atoms with Crippen LogP contribution in [0.4, 0.5) is 0 Å². The average Bonchev–Trinajstić information content (AvgIpc) is 2.31. The van der Waals surface area contributed by atoms with Gasteiger partial charge in [0.15, 0.2) is 0 Å². The molecule has 0 spiro atoms. The van der Waals surface area contributed by atoms with Gasteiger partial charge in [0.1, 0.15) is 0 Å². The van der Waals surface area contributed by atoms with Crippen molar-refractivity contribution < 1.29 is 9.90 Å². The minimum Gasteiger partial charge on any atom is -0.394 e. The lowest BCUT2D eigenvalue weighted by Crippen LogP contribution is -2.55. The molecule has 0 radical (unpaired) electrons. The van der Waals surface area contributed by atoms with Crippen molar-refractivity contribution in [1.82, 2.24) is 5.32 Å². The van der Waals surface area contributed by atoms with Crippen molar-refractivity contribution in [1.29, 1.82) is 0 Å². The number of halogens is 1. The maximum Gasteiger partial charge on any atom is 0.244 e. The predicted octanol–water partition coefficient (Wildman–Crippen LogP) is 2.38. The van der Waals surface area contributed by atoms with Crippen molar-refractivity contribution in [3.63, 3.8) is 0 Å². The molecule has 0 unspecified atom stereocenters. The maximum absolute atomic E-state index is 11.7. The summed E-state index contributed by atoms with van der Waals surface area (Å²) in [5.41, 5.74) is 0.486. The Morgan fingerprint density at radius 2 is 2.28 bits per heavy atom. The molecule has 2 N–H and O–H groups in total. The molecule has 0 aromatic heterocycles. The number of benzene rings is 1. The summed E-state index contributed by atoms with van der Waals surface area (Å²) in [6, 6.07) is 7.28. The SMILES string of the molecule is O=C(/C=C/c1cccc(Cl)c1)NC1(CO)CCC1. The van der Waals surface area contributed by atoms with Crippen LogP contribution in [0.5, 0.6) is 0 Å². The number of aliphatic hydroxyl groups excluding tert-OH is 1. The maximum atomic E-state index is 11.7. The lowest BCUT2D eigenvalue weighted by Gasteiger charge is -2.40. The second-order valence-corrected chi connectivity index (χ2v) is 5.11. The molecule has 1 amide bonds. The van der Waals surface area contributed by atoms with Crippen LogP contribution in [-0.4, -0.2) is 23.2 Å². The highest BCUT2D eigenvalue weighted by Crippen LogP contribution is 2.31. The Morgan fingerprint density at radius 1 is 1.50 bits per heavy atom. The molecule has 1 fully saturated rings. The number of rotatable bonds is 4. The quantitative estimate of drug-likeness (QED) is 0.822. The Kier molecular flexibility index (Phi) is 4.04. The van der Waals surface area contributed by atoms with Crippen LogP contribution in [-0.2, 0) is 4.79 Å². The van der Waals surface area contributed by atoms with Crippen LogP contribution >= 0.6 is 11.6 Å². The van der Waals surface area contributed by atoms with Gasteiger partial charge in [-0.1, -0.05) is 23.7 Å². The van der Waals surface area contributed by atoms with Crippen LogP contribution in [0, 0.1) is 0 Å². The first-order valence-electron chi connectivity index (χ1n) is 6.00. The van der Waals surface area contributed by atoms with E-state index >= 15 is 0 Å². The van der Waals surface area contributed by atoms with Crippen LogP contribution in [0.2, 0.25) is 5.02 Å². The van der Waals surface area contributed by atoms with E-state index in [1.54, 1.807) is 18.2 Å². The third kappa shape index (κ3) is 3.12. The third-order valence-corrected chi connectivity index (χ3v) is 3.51. The highest BCUT2D eigenvalue weighted by atomic mass is 35.5. The molecule has 0 atom stereocenters. The summed E-state index contributed by atoms with van der Waals surface area (Å²) in [7, 11) is 0. The number of nitrogens with one attached hydrogen (secondary N) is 1. The molecule has 18 heavy (non-hydrogen) atoms. The summed E-state index contributed by atoms with van der Waals surface area (Å²) >= 11 is 5.85. The Hall–Kier alpha value is -1.32. The van der Waals surface area contributed by atoms with E-state index in [2.05, 4.69) is 5.32 Å². The molecule has 0 aliphatic heterocycles. The van der Waals surface area contributed by atoms with Crippen LogP contribution in [0.3, 0.4) is 0 Å². The number of amides is 1. The van der Waals surface area contributed by atoms with E-state index in [4.69, 9.17) is 11.6 Å². The lowest BCUT2D eigenvalue weighted by molar-refractivity contribution is -0.120. The molecule has 1 aliphatic rings. The van der Waals surface area contributed by atoms with Gasteiger partial charge in [0.25, 0.3) is 0 Å². The van der Waals surface area contributed by atoms with Gasteiger partial charge in [0.2, 0.25) is 5.91 Å². The molecule has 0 saturated heterocycles. The van der Waals surface area contributed by atoms with Gasteiger partial charge in [-0.15, -0.1) is 0 Å². The second-order valence-electron chi connectivity index (χ2n) is 4.67. The van der Waals surface area contributed by atoms with Crippen molar-refractivity contribution in [2.24, 2.45) is 0 Å². The number of carbonyl (C=O) groups excluding carboxylic acids is 1. The van der Waals surface area contributed by atoms with Gasteiger partial charge < -0.3 is 10.4 Å². The summed E-state index contributed by atoms with van der Waals surface area (Å²) in [4.78, 5) is 11.7. The Balaban J connectivity index is 1.95. The lowest BCUT2D eigenvalue weighted by atomic mass is 9.77. The molecular weight excluding hydrogens is 250 g/mol. The zero-order valence-electron chi connectivity index (χ0n) is 10.0. The Labute approximate surface area is 111 Å². The van der Waals surface area contributed by atoms with Gasteiger partial charge in [0, 0.05) is 11.1 Å². The number of hydrogen-bond acceptors (Lipinski definition) is 2. The molecule has 0 bridgehead atoms. The Morgan fingerprint density at radius 3 is 2.83 bits per heavy atom. The fraction of sp³-hybridized carbons (Fsp3) is 0.357. The summed E-state index contributed by atoms with van der Waals surface area (Å²) in [5, 5.41) is 12.7. The van der Waals surface area contributed by atoms with Gasteiger partial charge in [-0.2, -0.15) is 0 Å². The van der Waals surface area contributed by atoms with E-state index in [9.17, 15) is 9.90 Å². The zero-order valence-corrected chi connectivity index (χ0v) is 10.8. The minimum atomic E-state index is -0.393. The molecule has 3 nitrogen and oxygen atoms in total. The van der Waals surface area contributed by atoms with Crippen LogP contribution in [0.15, 0.2) is 30.3 Å². The minimum absolute atomic E-state index is 0.00372. The van der Waals surface area contributed by atoms with Crippen molar-refractivity contribution in [2.45, 2.75) is 24.8 Å². The van der Waals surface area contributed by atoms with Crippen molar-refractivity contribution in [3.8, 4) is 0 Å². The molecule has 2 rings (SSSR count). The molecule has 1 aromatic rings. The first kappa shape index (κ1) is 13.1. The van der Waals surface area contributed by atoms with Crippen LogP contribution in [0.1, 0.15) is 24.8 Å². The van der Waals surface area contributed by atoms with Gasteiger partial charge in [0.05, 0.1) is 12.1 Å². The average molecular weight is 266 g/mol. The molecular formula is C14H16ClNO2. The van der Waals surface area contributed by atoms with Crippen LogP contribution in [0.25, 0.3) is 6.08 Å². The molecule has 1 saturated carbocycles. The molecule has 0 heterocycles. The van der Waals surface area contributed by atoms with E-state index in [0.29, 0.717) is 5.02 Å². The fourth-order valence-electron chi connectivity index (χ4n) is 2.01. The van der Waals surface area contributed by atoms with Gasteiger partial charge in [-0.05, 0) is 43.0 Å². The van der Waals surface area contributed by atoms with Gasteiger partial charge in [-0.3, -0.25) is 4.79 Å². The first-order chi connectivity index (χ1) is 8.63. The number of carbonyl (C=O) groups is 1. The predicted molar refractivity (Wildman–Crippen MR) is 72.3 cm³/mol. The normalized spacial score (nSPS) is 17.4. The zero-order chi connectivity index (χ0) is 13.0. The highest BCUT2D eigenvalue weighted by Gasteiger charge is 2.37. The van der Waals surface area contributed by atoms with E-state index in [0.717, 1.165) is 24.8 Å². The topological polar surface area (TPSA) is 49.3 Å². The van der Waals surface area contributed by atoms with Gasteiger partial charge in [-0.25, -0.2) is 0 Å². The number of hydrogen-bond donors (Lipinski definition) is 2. The molecule has 1 aliphatic carbocycles. The standard InChI is InChI=1S/C14H16ClNO2/c15-12-4-1-3-11(9-12)5-6-13(18)16-14(10-17)7-2-8-14/h1,3-6,9,17H,2,7-8,10H2,(H,16,18)/b6-5+. The second kappa shape index (κ2) is 5.55. The van der Waals surface area contributed by atoms with Crippen LogP contribution < -0.4 is 5.32 Å². The third-order valence-electron chi connectivity index (χ3n) is 3.28. The summed E-state index contributed by atoms with van der Waals surface area (Å²) in [6.07, 6.45) is 5.94. The largest absolute Gasteiger partial charge is 0.394 e. The smallest absolute Gasteiger partial charge is 0.244 e. The van der Waals surface area contributed by atoms with Crippen molar-refractivity contribution in [3.05, 3.63) is 40.9 Å². The summed E-state index contributed by atoms with van der Waals surface area (Å²) in [6.45, 7) is 0.00372. The van der Waals surface area contributed by atoms with E-state index < -0.39 is 5.54 Å². The molecule has 1 aromatic carbocycles. The summed E-state index contributed by atoms with van der Waals surface area (Å²) < 4.78 is 0. The first-order valence-corrected chi connectivity index (χ1v) is 6.38. The summed E-state index contributed by atoms with van der Waals surface area (Å²) in [5.74, 6) is -0.177. The van der Waals surface area contributed by atoms with Gasteiger partial charge >= 0.3 is 0 Å². The molecule has 96 valence electrons. The van der Waals surface area contributed by atoms with E-state index in [1.165, 1.54) is 6.08 Å². The molecule has 4 heteroatoms. The highest BCUT2D eigenvalue weighted by molar-refractivity contribution is 6.30. The number of aliphatic hydroxyl groups is 1. The van der Waals surface area contributed by atoms with E-state index in [1.807, 2.05) is 12.1 Å². The van der Waals surface area contributed by atoms with E-state index in [-0.39, 0.29) is 12.5 Å². The fourth-order valence-corrected chi connectivity index (χ4v) is 2.21.